The number of hydrogen-bond acceptors (Lipinski definition) is 3. The van der Waals surface area contributed by atoms with Crippen molar-refractivity contribution in [1.29, 1.82) is 0 Å². The first-order valence-corrected chi connectivity index (χ1v) is 7.67. The predicted molar refractivity (Wildman–Crippen MR) is 85.0 cm³/mol. The number of H-pyrrole nitrogens is 1. The number of aromatic nitrogens is 3. The van der Waals surface area contributed by atoms with Crippen molar-refractivity contribution in [3.05, 3.63) is 21.5 Å². The molecule has 0 fully saturated rings. The Hall–Kier alpha value is -0.720. The Kier molecular flexibility index (Phi) is 4.76. The lowest BCUT2D eigenvalue weighted by Crippen LogP contribution is -2.31. The maximum atomic E-state index is 5.38. The summed E-state index contributed by atoms with van der Waals surface area (Å²) in [5.74, 6) is 0. The molecule has 0 amide bonds. The van der Waals surface area contributed by atoms with E-state index in [4.69, 9.17) is 12.2 Å². The largest absolute Gasteiger partial charge is 0.329 e. The van der Waals surface area contributed by atoms with Crippen LogP contribution in [0.15, 0.2) is 16.7 Å². The van der Waals surface area contributed by atoms with E-state index in [1.165, 1.54) is 0 Å². The summed E-state index contributed by atoms with van der Waals surface area (Å²) in [5, 5.41) is 0. The highest BCUT2D eigenvalue weighted by Gasteiger charge is 2.10. The molecular formula is C13H19BrN4S. The van der Waals surface area contributed by atoms with Gasteiger partial charge >= 0.3 is 0 Å². The van der Waals surface area contributed by atoms with Crippen LogP contribution in [0, 0.1) is 4.77 Å². The van der Waals surface area contributed by atoms with Gasteiger partial charge in [0.2, 0.25) is 0 Å². The van der Waals surface area contributed by atoms with Gasteiger partial charge < -0.3 is 14.5 Å². The zero-order valence-corrected chi connectivity index (χ0v) is 13.9. The number of pyridine rings is 1. The molecule has 0 aliphatic rings. The van der Waals surface area contributed by atoms with Gasteiger partial charge in [-0.15, -0.1) is 0 Å². The quantitative estimate of drug-likeness (QED) is 0.843. The normalized spacial score (nSPS) is 13.3. The highest BCUT2D eigenvalue weighted by molar-refractivity contribution is 9.10. The highest BCUT2D eigenvalue weighted by Crippen LogP contribution is 2.17. The van der Waals surface area contributed by atoms with Gasteiger partial charge in [0.15, 0.2) is 10.4 Å². The van der Waals surface area contributed by atoms with Gasteiger partial charge in [0.1, 0.15) is 0 Å². The molecule has 0 aliphatic carbocycles. The summed E-state index contributed by atoms with van der Waals surface area (Å²) in [6.07, 6.45) is 2.96. The van der Waals surface area contributed by atoms with Crippen LogP contribution in [0.4, 0.5) is 0 Å². The highest BCUT2D eigenvalue weighted by atomic mass is 79.9. The van der Waals surface area contributed by atoms with Crippen molar-refractivity contribution in [2.45, 2.75) is 32.9 Å². The molecule has 1 atom stereocenters. The van der Waals surface area contributed by atoms with E-state index in [-0.39, 0.29) is 0 Å². The third-order valence-electron chi connectivity index (χ3n) is 3.60. The van der Waals surface area contributed by atoms with Crippen LogP contribution in [0.5, 0.6) is 0 Å². The number of rotatable bonds is 5. The molecule has 1 unspecified atom stereocenters. The second kappa shape index (κ2) is 6.15. The van der Waals surface area contributed by atoms with E-state index in [1.807, 2.05) is 6.07 Å². The van der Waals surface area contributed by atoms with Crippen molar-refractivity contribution in [1.82, 2.24) is 19.4 Å². The number of nitrogens with zero attached hydrogens (tertiary/aromatic N) is 3. The van der Waals surface area contributed by atoms with Crippen molar-refractivity contribution >= 4 is 39.3 Å². The molecule has 2 heterocycles. The number of nitrogens with one attached hydrogen (secondary N) is 1. The molecule has 0 aromatic carbocycles. The molecule has 2 rings (SSSR count). The number of aromatic amines is 1. The molecule has 0 bridgehead atoms. The number of hydrogen-bond donors (Lipinski definition) is 1. The molecule has 2 aromatic rings. The van der Waals surface area contributed by atoms with E-state index in [9.17, 15) is 0 Å². The van der Waals surface area contributed by atoms with Gasteiger partial charge in [0, 0.05) is 29.8 Å². The molecule has 104 valence electrons. The van der Waals surface area contributed by atoms with Crippen molar-refractivity contribution in [2.75, 3.05) is 13.6 Å². The first kappa shape index (κ1) is 14.7. The first-order valence-electron chi connectivity index (χ1n) is 6.47. The van der Waals surface area contributed by atoms with Gasteiger partial charge in [0.05, 0.1) is 5.52 Å². The van der Waals surface area contributed by atoms with Crippen LogP contribution in [0.1, 0.15) is 20.3 Å². The molecule has 19 heavy (non-hydrogen) atoms. The molecule has 2 aromatic heterocycles. The number of fused-ring (bicyclic) bond motifs is 1. The third kappa shape index (κ3) is 3.24. The second-order valence-corrected chi connectivity index (χ2v) is 6.15. The Morgan fingerprint density at radius 2 is 2.32 bits per heavy atom. The molecule has 0 radical (unpaired) electrons. The molecule has 0 saturated carbocycles. The molecule has 0 aliphatic heterocycles. The Labute approximate surface area is 127 Å². The van der Waals surface area contributed by atoms with Crippen LogP contribution < -0.4 is 0 Å². The Morgan fingerprint density at radius 1 is 1.58 bits per heavy atom. The summed E-state index contributed by atoms with van der Waals surface area (Å²) in [6.45, 7) is 6.27. The van der Waals surface area contributed by atoms with E-state index >= 15 is 0 Å². The maximum Gasteiger partial charge on any atom is 0.179 e. The predicted octanol–water partition coefficient (Wildman–Crippen LogP) is 3.59. The van der Waals surface area contributed by atoms with E-state index in [0.29, 0.717) is 6.04 Å². The van der Waals surface area contributed by atoms with Crippen LogP contribution in [0.25, 0.3) is 11.2 Å². The lowest BCUT2D eigenvalue weighted by atomic mass is 10.2. The van der Waals surface area contributed by atoms with Gasteiger partial charge in [-0.05, 0) is 54.6 Å². The van der Waals surface area contributed by atoms with Crippen molar-refractivity contribution in [2.24, 2.45) is 0 Å². The van der Waals surface area contributed by atoms with Gasteiger partial charge in [-0.25, -0.2) is 4.98 Å². The average Bonchev–Trinajstić information content (AvgIpc) is 2.69. The zero-order chi connectivity index (χ0) is 14.0. The van der Waals surface area contributed by atoms with Crippen LogP contribution in [-0.2, 0) is 6.54 Å². The molecule has 1 N–H and O–H groups in total. The van der Waals surface area contributed by atoms with E-state index < -0.39 is 0 Å². The fraction of sp³-hybridized carbons (Fsp3) is 0.538. The summed E-state index contributed by atoms with van der Waals surface area (Å²) in [6, 6.07) is 2.59. The molecule has 0 saturated heterocycles. The van der Waals surface area contributed by atoms with Gasteiger partial charge in [0.25, 0.3) is 0 Å². The van der Waals surface area contributed by atoms with E-state index in [2.05, 4.69) is 56.3 Å². The maximum absolute atomic E-state index is 5.38. The number of likely N-dealkylation sites (N-methyl/N-ethyl adjacent to an activating group) is 1. The van der Waals surface area contributed by atoms with Gasteiger partial charge in [-0.3, -0.25) is 0 Å². The van der Waals surface area contributed by atoms with Crippen LogP contribution in [-0.4, -0.2) is 39.1 Å². The lowest BCUT2D eigenvalue weighted by molar-refractivity contribution is 0.243. The van der Waals surface area contributed by atoms with Crippen molar-refractivity contribution in [3.8, 4) is 0 Å². The fourth-order valence-corrected chi connectivity index (χ4v) is 2.63. The van der Waals surface area contributed by atoms with Gasteiger partial charge in [-0.2, -0.15) is 0 Å². The molecule has 6 heteroatoms. The number of imidazole rings is 1. The van der Waals surface area contributed by atoms with Gasteiger partial charge in [-0.1, -0.05) is 6.92 Å². The Morgan fingerprint density at radius 3 is 3.00 bits per heavy atom. The smallest absolute Gasteiger partial charge is 0.179 e. The topological polar surface area (TPSA) is 36.9 Å². The second-order valence-electron chi connectivity index (χ2n) is 4.84. The molecule has 0 spiro atoms. The third-order valence-corrected chi connectivity index (χ3v) is 4.35. The van der Waals surface area contributed by atoms with E-state index in [0.717, 1.165) is 39.9 Å². The molecule has 4 nitrogen and oxygen atoms in total. The Balaban J connectivity index is 2.21. The standard InChI is InChI=1S/C13H19BrN4S/c1-4-9(2)17(3)5-6-18-12-11(16-13(18)19)7-10(14)8-15-12/h7-9H,4-6H2,1-3H3,(H,16,19). The van der Waals surface area contributed by atoms with E-state index in [1.54, 1.807) is 6.20 Å². The zero-order valence-electron chi connectivity index (χ0n) is 11.5. The minimum absolute atomic E-state index is 0.585. The Bertz CT molecular complexity index is 619. The summed E-state index contributed by atoms with van der Waals surface area (Å²) >= 11 is 8.80. The summed E-state index contributed by atoms with van der Waals surface area (Å²) in [4.78, 5) is 9.99. The lowest BCUT2D eigenvalue weighted by Gasteiger charge is -2.23. The average molecular weight is 343 g/mol. The fourth-order valence-electron chi connectivity index (χ4n) is 2.02. The minimum Gasteiger partial charge on any atom is -0.329 e. The van der Waals surface area contributed by atoms with Crippen LogP contribution in [0.3, 0.4) is 0 Å². The number of halogens is 1. The summed E-state index contributed by atoms with van der Waals surface area (Å²) in [5.41, 5.74) is 1.90. The summed E-state index contributed by atoms with van der Waals surface area (Å²) < 4.78 is 3.76. The van der Waals surface area contributed by atoms with Crippen LogP contribution >= 0.6 is 28.1 Å². The monoisotopic (exact) mass is 342 g/mol. The van der Waals surface area contributed by atoms with Crippen molar-refractivity contribution < 1.29 is 0 Å². The minimum atomic E-state index is 0.585. The molecular weight excluding hydrogens is 324 g/mol. The summed E-state index contributed by atoms with van der Waals surface area (Å²) in [7, 11) is 2.15. The SMILES string of the molecule is CCC(C)N(C)CCn1c(=S)[nH]c2cc(Br)cnc21. The van der Waals surface area contributed by atoms with Crippen molar-refractivity contribution in [3.63, 3.8) is 0 Å². The first-order chi connectivity index (χ1) is 9.02. The van der Waals surface area contributed by atoms with Crippen LogP contribution in [0.2, 0.25) is 0 Å².